The van der Waals surface area contributed by atoms with Gasteiger partial charge in [-0.2, -0.15) is 4.98 Å². The number of rotatable bonds is 6. The lowest BCUT2D eigenvalue weighted by Crippen LogP contribution is -2.36. The van der Waals surface area contributed by atoms with Gasteiger partial charge in [0, 0.05) is 43.5 Å². The zero-order valence-electron chi connectivity index (χ0n) is 18.5. The molecule has 0 atom stereocenters. The lowest BCUT2D eigenvalue weighted by atomic mass is 9.85. The second kappa shape index (κ2) is 9.87. The van der Waals surface area contributed by atoms with Gasteiger partial charge in [-0.15, -0.1) is 0 Å². The van der Waals surface area contributed by atoms with Crippen LogP contribution in [0.3, 0.4) is 0 Å². The van der Waals surface area contributed by atoms with Crippen LogP contribution in [0.15, 0.2) is 36.4 Å². The molecule has 1 saturated carbocycles. The number of aromatic nitrogens is 2. The van der Waals surface area contributed by atoms with Crippen molar-refractivity contribution in [2.75, 3.05) is 24.3 Å². The monoisotopic (exact) mass is 473 g/mol. The van der Waals surface area contributed by atoms with E-state index in [2.05, 4.69) is 20.6 Å². The number of halogens is 3. The number of nitrogens with zero attached hydrogens (tertiary/aromatic N) is 3. The average molecular weight is 474 g/mol. The molecule has 174 valence electrons. The Morgan fingerprint density at radius 3 is 2.55 bits per heavy atom. The van der Waals surface area contributed by atoms with Crippen molar-refractivity contribution in [2.45, 2.75) is 38.3 Å². The smallest absolute Gasteiger partial charge is 0.225 e. The Morgan fingerprint density at radius 2 is 1.82 bits per heavy atom. The molecule has 2 N–H and O–H groups in total. The molecule has 0 bridgehead atoms. The summed E-state index contributed by atoms with van der Waals surface area (Å²) < 4.78 is 27.9. The Balaban J connectivity index is 1.35. The predicted molar refractivity (Wildman–Crippen MR) is 126 cm³/mol. The van der Waals surface area contributed by atoms with Crippen molar-refractivity contribution in [3.8, 4) is 0 Å². The number of nitrogens with one attached hydrogen (secondary N) is 2. The summed E-state index contributed by atoms with van der Waals surface area (Å²) in [6, 6.07) is 10.3. The van der Waals surface area contributed by atoms with Crippen molar-refractivity contribution < 1.29 is 13.6 Å². The van der Waals surface area contributed by atoms with Gasteiger partial charge in [-0.25, -0.2) is 13.8 Å². The molecule has 0 radical (unpaired) electrons. The van der Waals surface area contributed by atoms with E-state index in [1.54, 1.807) is 0 Å². The van der Waals surface area contributed by atoms with Gasteiger partial charge in [0.15, 0.2) is 0 Å². The number of carbonyl (C=O) groups is 1. The predicted octanol–water partition coefficient (Wildman–Crippen LogP) is 4.91. The number of para-hydroxylation sites is 1. The lowest BCUT2D eigenvalue weighted by Gasteiger charge is -2.28. The minimum atomic E-state index is -0.836. The van der Waals surface area contributed by atoms with Crippen LogP contribution < -0.4 is 15.5 Å². The number of carbonyl (C=O) groups excluding carboxylic acids is 1. The van der Waals surface area contributed by atoms with Gasteiger partial charge in [-0.05, 0) is 49.9 Å². The largest absolute Gasteiger partial charge is 0.362 e. The molecule has 0 saturated heterocycles. The summed E-state index contributed by atoms with van der Waals surface area (Å²) in [5.41, 5.74) is 0.642. The minimum Gasteiger partial charge on any atom is -0.362 e. The van der Waals surface area contributed by atoms with E-state index in [4.69, 9.17) is 11.6 Å². The standard InChI is InChI=1S/C24H26ClF2N5O/c1-32(2)22-16-5-3-4-6-20(16)30-24(31-22)29-15-9-7-14(8-10-15)23(33)28-13-17-19(26)12-11-18(25)21(17)27/h3-6,11-12,14-15H,7-10,13H2,1-2H3,(H,28,33)(H,29,30,31). The highest BCUT2D eigenvalue weighted by Gasteiger charge is 2.27. The first kappa shape index (κ1) is 23.2. The summed E-state index contributed by atoms with van der Waals surface area (Å²) in [6.45, 7) is -0.229. The van der Waals surface area contributed by atoms with Crippen molar-refractivity contribution in [3.63, 3.8) is 0 Å². The molecule has 6 nitrogen and oxygen atoms in total. The zero-order chi connectivity index (χ0) is 23.5. The molecular weight excluding hydrogens is 448 g/mol. The molecule has 2 aromatic carbocycles. The normalized spacial score (nSPS) is 18.2. The Bertz CT molecular complexity index is 1170. The molecule has 9 heteroatoms. The summed E-state index contributed by atoms with van der Waals surface area (Å²) in [4.78, 5) is 23.9. The van der Waals surface area contributed by atoms with Gasteiger partial charge < -0.3 is 15.5 Å². The van der Waals surface area contributed by atoms with Crippen molar-refractivity contribution >= 4 is 40.2 Å². The van der Waals surface area contributed by atoms with Gasteiger partial charge in [0.2, 0.25) is 11.9 Å². The van der Waals surface area contributed by atoms with Crippen LogP contribution in [0.25, 0.3) is 10.9 Å². The second-order valence-corrected chi connectivity index (χ2v) is 8.92. The van der Waals surface area contributed by atoms with E-state index >= 15 is 0 Å². The van der Waals surface area contributed by atoms with E-state index in [9.17, 15) is 13.6 Å². The van der Waals surface area contributed by atoms with E-state index in [1.807, 2.05) is 43.3 Å². The van der Waals surface area contributed by atoms with Crippen LogP contribution in [0.4, 0.5) is 20.5 Å². The number of anilines is 2. The number of fused-ring (bicyclic) bond motifs is 1. The summed E-state index contributed by atoms with van der Waals surface area (Å²) in [7, 11) is 3.90. The highest BCUT2D eigenvalue weighted by molar-refractivity contribution is 6.30. The number of amides is 1. The third-order valence-electron chi connectivity index (χ3n) is 6.02. The van der Waals surface area contributed by atoms with Crippen molar-refractivity contribution in [1.82, 2.24) is 15.3 Å². The van der Waals surface area contributed by atoms with Crippen molar-refractivity contribution in [3.05, 3.63) is 58.6 Å². The van der Waals surface area contributed by atoms with Crippen molar-refractivity contribution in [2.24, 2.45) is 5.92 Å². The van der Waals surface area contributed by atoms with Crippen LogP contribution in [0.1, 0.15) is 31.2 Å². The van der Waals surface area contributed by atoms with Gasteiger partial charge in [0.05, 0.1) is 10.5 Å². The van der Waals surface area contributed by atoms with E-state index in [0.717, 1.165) is 41.7 Å². The van der Waals surface area contributed by atoms with Crippen LogP contribution in [0, 0.1) is 17.6 Å². The summed E-state index contributed by atoms with van der Waals surface area (Å²) in [5, 5.41) is 6.89. The van der Waals surface area contributed by atoms with E-state index in [-0.39, 0.29) is 35.0 Å². The topological polar surface area (TPSA) is 70.2 Å². The van der Waals surface area contributed by atoms with Crippen LogP contribution in [-0.2, 0) is 11.3 Å². The molecule has 33 heavy (non-hydrogen) atoms. The molecule has 1 amide bonds. The van der Waals surface area contributed by atoms with Gasteiger partial charge in [0.1, 0.15) is 17.5 Å². The maximum absolute atomic E-state index is 14.0. The van der Waals surface area contributed by atoms with Gasteiger partial charge in [-0.1, -0.05) is 23.7 Å². The molecule has 1 heterocycles. The molecule has 1 fully saturated rings. The first-order valence-corrected chi connectivity index (χ1v) is 11.3. The number of benzene rings is 2. The van der Waals surface area contributed by atoms with Gasteiger partial charge in [-0.3, -0.25) is 4.79 Å². The molecule has 0 spiro atoms. The highest BCUT2D eigenvalue weighted by atomic mass is 35.5. The minimum absolute atomic E-state index is 0.146. The Morgan fingerprint density at radius 1 is 1.09 bits per heavy atom. The Labute approximate surface area is 196 Å². The summed E-state index contributed by atoms with van der Waals surface area (Å²) in [5.74, 6) is -0.559. The van der Waals surface area contributed by atoms with Crippen LogP contribution >= 0.6 is 11.6 Å². The SMILES string of the molecule is CN(C)c1nc(NC2CCC(C(=O)NCc3c(F)ccc(Cl)c3F)CC2)nc2ccccc12. The summed E-state index contributed by atoms with van der Waals surface area (Å²) >= 11 is 5.72. The molecule has 4 rings (SSSR count). The first-order valence-electron chi connectivity index (χ1n) is 10.9. The molecule has 1 aliphatic carbocycles. The lowest BCUT2D eigenvalue weighted by molar-refractivity contribution is -0.126. The summed E-state index contributed by atoms with van der Waals surface area (Å²) in [6.07, 6.45) is 2.87. The van der Waals surface area contributed by atoms with Gasteiger partial charge in [0.25, 0.3) is 0 Å². The Kier molecular flexibility index (Phi) is 6.93. The zero-order valence-corrected chi connectivity index (χ0v) is 19.3. The van der Waals surface area contributed by atoms with Crippen molar-refractivity contribution in [1.29, 1.82) is 0 Å². The fourth-order valence-electron chi connectivity index (χ4n) is 4.20. The molecule has 1 aliphatic rings. The molecule has 0 aliphatic heterocycles. The fourth-order valence-corrected chi connectivity index (χ4v) is 4.38. The van der Waals surface area contributed by atoms with E-state index < -0.39 is 11.6 Å². The average Bonchev–Trinajstić information content (AvgIpc) is 2.81. The van der Waals surface area contributed by atoms with E-state index in [1.165, 1.54) is 0 Å². The molecule has 0 unspecified atom stereocenters. The quantitative estimate of drug-likeness (QED) is 0.497. The van der Waals surface area contributed by atoms with Gasteiger partial charge >= 0.3 is 0 Å². The second-order valence-electron chi connectivity index (χ2n) is 8.51. The maximum Gasteiger partial charge on any atom is 0.225 e. The molecule has 1 aromatic heterocycles. The van der Waals surface area contributed by atoms with Crippen LogP contribution in [0.5, 0.6) is 0 Å². The number of hydrogen-bond donors (Lipinski definition) is 2. The van der Waals surface area contributed by atoms with Crippen LogP contribution in [-0.4, -0.2) is 36.0 Å². The third-order valence-corrected chi connectivity index (χ3v) is 6.31. The molecule has 3 aromatic rings. The first-order chi connectivity index (χ1) is 15.8. The fraction of sp³-hybridized carbons (Fsp3) is 0.375. The Hall–Kier alpha value is -3.00. The highest BCUT2D eigenvalue weighted by Crippen LogP contribution is 2.29. The van der Waals surface area contributed by atoms with E-state index in [0.29, 0.717) is 18.8 Å². The number of hydrogen-bond acceptors (Lipinski definition) is 5. The molecular formula is C24H26ClF2N5O. The maximum atomic E-state index is 14.0. The third kappa shape index (κ3) is 5.16. The van der Waals surface area contributed by atoms with Crippen LogP contribution in [0.2, 0.25) is 5.02 Å².